The summed E-state index contributed by atoms with van der Waals surface area (Å²) >= 11 is 0. The molecule has 1 heterocycles. The Morgan fingerprint density at radius 2 is 2.33 bits per heavy atom. The van der Waals surface area contributed by atoms with Gasteiger partial charge < -0.3 is 15.8 Å². The van der Waals surface area contributed by atoms with Crippen LogP contribution in [0.15, 0.2) is 18.2 Å². The minimum Gasteiger partial charge on any atom is -0.397 e. The van der Waals surface area contributed by atoms with Gasteiger partial charge in [0.25, 0.3) is 0 Å². The van der Waals surface area contributed by atoms with E-state index in [9.17, 15) is 4.39 Å². The number of benzene rings is 1. The van der Waals surface area contributed by atoms with Crippen molar-refractivity contribution in [3.05, 3.63) is 24.0 Å². The Morgan fingerprint density at radius 1 is 1.47 bits per heavy atom. The van der Waals surface area contributed by atoms with Crippen LogP contribution in [0.25, 0.3) is 0 Å². The first-order valence-electron chi connectivity index (χ1n) is 5.15. The number of nitrogens with one attached hydrogen (secondary N) is 1. The smallest absolute Gasteiger partial charge is 0.125 e. The van der Waals surface area contributed by atoms with Crippen molar-refractivity contribution in [2.45, 2.75) is 18.9 Å². The van der Waals surface area contributed by atoms with Crippen molar-refractivity contribution in [2.24, 2.45) is 0 Å². The molecule has 3 N–H and O–H groups in total. The predicted octanol–water partition coefficient (Wildman–Crippen LogP) is 2.00. The second kappa shape index (κ2) is 4.49. The highest BCUT2D eigenvalue weighted by Gasteiger charge is 2.14. The van der Waals surface area contributed by atoms with Crippen LogP contribution in [0.3, 0.4) is 0 Å². The Bertz CT molecular complexity index is 337. The molecule has 1 unspecified atom stereocenters. The van der Waals surface area contributed by atoms with Crippen molar-refractivity contribution in [2.75, 3.05) is 24.3 Å². The van der Waals surface area contributed by atoms with Gasteiger partial charge in [0.05, 0.1) is 18.0 Å². The van der Waals surface area contributed by atoms with Crippen molar-refractivity contribution in [1.29, 1.82) is 0 Å². The summed E-state index contributed by atoms with van der Waals surface area (Å²) < 4.78 is 18.1. The summed E-state index contributed by atoms with van der Waals surface area (Å²) in [4.78, 5) is 0. The number of nitrogen functional groups attached to an aromatic ring is 1. The summed E-state index contributed by atoms with van der Waals surface area (Å²) in [6.45, 7) is 1.52. The second-order valence-electron chi connectivity index (χ2n) is 3.79. The summed E-state index contributed by atoms with van der Waals surface area (Å²) in [6.07, 6.45) is 2.12. The van der Waals surface area contributed by atoms with Crippen LogP contribution in [0.5, 0.6) is 0 Å². The number of rotatable bonds is 2. The van der Waals surface area contributed by atoms with Crippen LogP contribution >= 0.6 is 0 Å². The van der Waals surface area contributed by atoms with Gasteiger partial charge in [0.2, 0.25) is 0 Å². The van der Waals surface area contributed by atoms with Gasteiger partial charge in [-0.1, -0.05) is 0 Å². The molecule has 0 amide bonds. The minimum absolute atomic E-state index is 0.284. The van der Waals surface area contributed by atoms with Gasteiger partial charge in [0.1, 0.15) is 5.82 Å². The van der Waals surface area contributed by atoms with Crippen LogP contribution in [0.4, 0.5) is 15.8 Å². The molecule has 1 aromatic carbocycles. The lowest BCUT2D eigenvalue weighted by molar-refractivity contribution is 0.0876. The molecule has 4 heteroatoms. The van der Waals surface area contributed by atoms with E-state index in [2.05, 4.69) is 5.32 Å². The molecule has 15 heavy (non-hydrogen) atoms. The normalized spacial score (nSPS) is 21.3. The number of nitrogens with two attached hydrogens (primary N) is 1. The topological polar surface area (TPSA) is 47.3 Å². The van der Waals surface area contributed by atoms with Crippen LogP contribution < -0.4 is 11.1 Å². The van der Waals surface area contributed by atoms with Crippen molar-refractivity contribution in [3.63, 3.8) is 0 Å². The third-order valence-electron chi connectivity index (χ3n) is 2.53. The lowest BCUT2D eigenvalue weighted by Gasteiger charge is -2.24. The highest BCUT2D eigenvalue weighted by atomic mass is 19.1. The second-order valence-corrected chi connectivity index (χ2v) is 3.79. The van der Waals surface area contributed by atoms with Crippen LogP contribution in [0.2, 0.25) is 0 Å². The highest BCUT2D eigenvalue weighted by molar-refractivity contribution is 5.66. The molecule has 0 spiro atoms. The van der Waals surface area contributed by atoms with Crippen molar-refractivity contribution in [1.82, 2.24) is 0 Å². The fourth-order valence-corrected chi connectivity index (χ4v) is 1.74. The van der Waals surface area contributed by atoms with Gasteiger partial charge in [0.15, 0.2) is 0 Å². The Labute approximate surface area is 88.4 Å². The van der Waals surface area contributed by atoms with Crippen LogP contribution in [0, 0.1) is 5.82 Å². The molecule has 0 radical (unpaired) electrons. The van der Waals surface area contributed by atoms with Crippen LogP contribution in [-0.4, -0.2) is 19.3 Å². The molecule has 1 fully saturated rings. The first-order chi connectivity index (χ1) is 7.25. The lowest BCUT2D eigenvalue weighted by Crippen LogP contribution is -2.30. The lowest BCUT2D eigenvalue weighted by atomic mass is 10.1. The van der Waals surface area contributed by atoms with E-state index in [1.807, 2.05) is 0 Å². The molecule has 0 aliphatic carbocycles. The van der Waals surface area contributed by atoms with Gasteiger partial charge in [0, 0.05) is 12.6 Å². The number of hydrogen-bond acceptors (Lipinski definition) is 3. The molecular weight excluding hydrogens is 195 g/mol. The zero-order chi connectivity index (χ0) is 10.7. The van der Waals surface area contributed by atoms with Crippen molar-refractivity contribution < 1.29 is 9.13 Å². The Balaban J connectivity index is 2.03. The fourth-order valence-electron chi connectivity index (χ4n) is 1.74. The molecule has 0 bridgehead atoms. The zero-order valence-corrected chi connectivity index (χ0v) is 8.50. The molecule has 1 saturated heterocycles. The third-order valence-corrected chi connectivity index (χ3v) is 2.53. The molecule has 0 aromatic heterocycles. The van der Waals surface area contributed by atoms with Gasteiger partial charge in [-0.15, -0.1) is 0 Å². The molecule has 82 valence electrons. The van der Waals surface area contributed by atoms with Gasteiger partial charge in [-0.3, -0.25) is 0 Å². The van der Waals surface area contributed by atoms with E-state index in [-0.39, 0.29) is 11.9 Å². The molecule has 3 nitrogen and oxygen atoms in total. The standard InChI is InChI=1S/C11H15FN2O/c12-8-3-4-11(10(13)6-8)14-9-2-1-5-15-7-9/h3-4,6,9,14H,1-2,5,7,13H2. The van der Waals surface area contributed by atoms with E-state index < -0.39 is 0 Å². The van der Waals surface area contributed by atoms with E-state index >= 15 is 0 Å². The maximum absolute atomic E-state index is 12.8. The molecule has 1 aliphatic heterocycles. The van der Waals surface area contributed by atoms with Gasteiger partial charge in [-0.05, 0) is 31.0 Å². The van der Waals surface area contributed by atoms with Gasteiger partial charge >= 0.3 is 0 Å². The largest absolute Gasteiger partial charge is 0.397 e. The summed E-state index contributed by atoms with van der Waals surface area (Å²) in [6, 6.07) is 4.68. The minimum atomic E-state index is -0.307. The predicted molar refractivity (Wildman–Crippen MR) is 58.3 cm³/mol. The van der Waals surface area contributed by atoms with E-state index in [1.165, 1.54) is 12.1 Å². The highest BCUT2D eigenvalue weighted by Crippen LogP contribution is 2.21. The molecule has 1 atom stereocenters. The third kappa shape index (κ3) is 2.59. The van der Waals surface area contributed by atoms with E-state index in [0.717, 1.165) is 25.1 Å². The van der Waals surface area contributed by atoms with E-state index in [4.69, 9.17) is 10.5 Å². The fraction of sp³-hybridized carbons (Fsp3) is 0.455. The summed E-state index contributed by atoms with van der Waals surface area (Å²) in [5.41, 5.74) is 6.92. The first-order valence-corrected chi connectivity index (χ1v) is 5.15. The monoisotopic (exact) mass is 210 g/mol. The summed E-state index contributed by atoms with van der Waals surface area (Å²) in [7, 11) is 0. The summed E-state index contributed by atoms with van der Waals surface area (Å²) in [5.74, 6) is -0.307. The average molecular weight is 210 g/mol. The number of hydrogen-bond donors (Lipinski definition) is 2. The quantitative estimate of drug-likeness (QED) is 0.734. The zero-order valence-electron chi connectivity index (χ0n) is 8.50. The number of ether oxygens (including phenoxy) is 1. The summed E-state index contributed by atoms with van der Waals surface area (Å²) in [5, 5.41) is 3.26. The molecule has 1 aromatic rings. The molecule has 0 saturated carbocycles. The SMILES string of the molecule is Nc1cc(F)ccc1NC1CCCOC1. The van der Waals surface area contributed by atoms with E-state index in [0.29, 0.717) is 12.3 Å². The molecular formula is C11H15FN2O. The van der Waals surface area contributed by atoms with Crippen LogP contribution in [-0.2, 0) is 4.74 Å². The molecule has 2 rings (SSSR count). The Hall–Kier alpha value is -1.29. The maximum atomic E-state index is 12.8. The van der Waals surface area contributed by atoms with Crippen LogP contribution in [0.1, 0.15) is 12.8 Å². The Morgan fingerprint density at radius 3 is 3.00 bits per heavy atom. The van der Waals surface area contributed by atoms with Crippen molar-refractivity contribution >= 4 is 11.4 Å². The van der Waals surface area contributed by atoms with Gasteiger partial charge in [-0.25, -0.2) is 4.39 Å². The Kier molecular flexibility index (Phi) is 3.06. The average Bonchev–Trinajstić information content (AvgIpc) is 2.24. The van der Waals surface area contributed by atoms with Gasteiger partial charge in [-0.2, -0.15) is 0 Å². The number of anilines is 2. The number of halogens is 1. The maximum Gasteiger partial charge on any atom is 0.125 e. The van der Waals surface area contributed by atoms with Crippen molar-refractivity contribution in [3.8, 4) is 0 Å². The van der Waals surface area contributed by atoms with E-state index in [1.54, 1.807) is 6.07 Å². The first kappa shape index (κ1) is 10.2. The molecule has 1 aliphatic rings.